The summed E-state index contributed by atoms with van der Waals surface area (Å²) in [5.41, 5.74) is 6.92. The Morgan fingerprint density at radius 2 is 2.05 bits per heavy atom. The van der Waals surface area contributed by atoms with Crippen LogP contribution in [0.4, 0.5) is 11.4 Å². The van der Waals surface area contributed by atoms with Crippen molar-refractivity contribution in [2.45, 2.75) is 25.2 Å². The molecule has 112 valence electrons. The molecule has 5 N–H and O–H groups in total. The summed E-state index contributed by atoms with van der Waals surface area (Å²) in [4.78, 5) is 11.2. The van der Waals surface area contributed by atoms with Crippen LogP contribution in [-0.4, -0.2) is 27.5 Å². The van der Waals surface area contributed by atoms with Gasteiger partial charge in [-0.3, -0.25) is 4.79 Å². The lowest BCUT2D eigenvalue weighted by Crippen LogP contribution is -2.16. The molecule has 0 saturated heterocycles. The molecule has 0 fully saturated rings. The second-order valence-corrected chi connectivity index (χ2v) is 5.75. The molecule has 0 atom stereocenters. The summed E-state index contributed by atoms with van der Waals surface area (Å²) in [5, 5.41) is 8.08. The molecular weight excluding hydrogens is 282 g/mol. The number of sulfonamides is 1. The standard InChI is InChI=1S/C12H19N3O4S/c1-3-19-12(16)4-5-15-10-6-9(13)7-11(8(10)2)20(14,17)18/h6-7,15H,3-5,13H2,1-2H3,(H2,14,17,18). The van der Waals surface area contributed by atoms with Crippen LogP contribution >= 0.6 is 0 Å². The normalized spacial score (nSPS) is 11.2. The molecule has 1 aromatic rings. The van der Waals surface area contributed by atoms with Gasteiger partial charge in [-0.25, -0.2) is 13.6 Å². The van der Waals surface area contributed by atoms with Gasteiger partial charge in [0, 0.05) is 17.9 Å². The minimum absolute atomic E-state index is 0.0314. The predicted octanol–water partition coefficient (Wildman–Crippen LogP) is 0.590. The number of nitrogens with one attached hydrogen (secondary N) is 1. The number of carbonyl (C=O) groups excluding carboxylic acids is 1. The highest BCUT2D eigenvalue weighted by atomic mass is 32.2. The number of nitrogens with two attached hydrogens (primary N) is 2. The number of primary sulfonamides is 1. The number of benzene rings is 1. The third-order valence-electron chi connectivity index (χ3n) is 2.64. The molecule has 0 spiro atoms. The fraction of sp³-hybridized carbons (Fsp3) is 0.417. The molecule has 0 heterocycles. The Morgan fingerprint density at radius 1 is 1.40 bits per heavy atom. The van der Waals surface area contributed by atoms with Crippen molar-refractivity contribution in [2.75, 3.05) is 24.2 Å². The zero-order chi connectivity index (χ0) is 15.3. The lowest BCUT2D eigenvalue weighted by atomic mass is 10.1. The van der Waals surface area contributed by atoms with Crippen LogP contribution in [0, 0.1) is 6.92 Å². The first kappa shape index (κ1) is 16.3. The van der Waals surface area contributed by atoms with E-state index in [1.165, 1.54) is 6.07 Å². The number of anilines is 2. The van der Waals surface area contributed by atoms with E-state index in [0.29, 0.717) is 24.4 Å². The fourth-order valence-electron chi connectivity index (χ4n) is 1.72. The van der Waals surface area contributed by atoms with Gasteiger partial charge in [-0.1, -0.05) is 0 Å². The summed E-state index contributed by atoms with van der Waals surface area (Å²) in [6.07, 6.45) is 0.173. The van der Waals surface area contributed by atoms with E-state index in [1.807, 2.05) is 0 Å². The summed E-state index contributed by atoms with van der Waals surface area (Å²) in [6, 6.07) is 2.90. The van der Waals surface area contributed by atoms with E-state index in [2.05, 4.69) is 5.32 Å². The second-order valence-electron chi connectivity index (χ2n) is 4.22. The van der Waals surface area contributed by atoms with Gasteiger partial charge in [-0.15, -0.1) is 0 Å². The topological polar surface area (TPSA) is 125 Å². The average molecular weight is 301 g/mol. The van der Waals surface area contributed by atoms with Crippen molar-refractivity contribution in [3.8, 4) is 0 Å². The quantitative estimate of drug-likeness (QED) is 0.521. The first-order chi connectivity index (χ1) is 9.25. The van der Waals surface area contributed by atoms with Gasteiger partial charge in [0.05, 0.1) is 17.9 Å². The van der Waals surface area contributed by atoms with Crippen molar-refractivity contribution in [3.63, 3.8) is 0 Å². The van der Waals surface area contributed by atoms with Gasteiger partial charge in [-0.05, 0) is 31.5 Å². The van der Waals surface area contributed by atoms with Gasteiger partial charge in [0.2, 0.25) is 10.0 Å². The summed E-state index contributed by atoms with van der Waals surface area (Å²) in [7, 11) is -3.84. The molecule has 0 bridgehead atoms. The molecule has 7 nitrogen and oxygen atoms in total. The summed E-state index contributed by atoms with van der Waals surface area (Å²) in [5.74, 6) is -0.326. The number of hydrogen-bond donors (Lipinski definition) is 3. The third-order valence-corrected chi connectivity index (χ3v) is 3.68. The summed E-state index contributed by atoms with van der Waals surface area (Å²) >= 11 is 0. The lowest BCUT2D eigenvalue weighted by molar-refractivity contribution is -0.142. The molecule has 0 aromatic heterocycles. The second kappa shape index (κ2) is 6.58. The molecule has 0 aliphatic heterocycles. The van der Waals surface area contributed by atoms with E-state index < -0.39 is 10.0 Å². The number of hydrogen-bond acceptors (Lipinski definition) is 6. The Bertz CT molecular complexity index is 599. The highest BCUT2D eigenvalue weighted by Gasteiger charge is 2.15. The van der Waals surface area contributed by atoms with Crippen molar-refractivity contribution in [2.24, 2.45) is 5.14 Å². The van der Waals surface area contributed by atoms with Gasteiger partial charge in [0.15, 0.2) is 0 Å². The first-order valence-corrected chi connectivity index (χ1v) is 7.62. The Kier molecular flexibility index (Phi) is 5.34. The van der Waals surface area contributed by atoms with Gasteiger partial charge in [0.1, 0.15) is 0 Å². The van der Waals surface area contributed by atoms with Crippen molar-refractivity contribution in [1.29, 1.82) is 0 Å². The van der Waals surface area contributed by atoms with E-state index in [0.717, 1.165) is 0 Å². The van der Waals surface area contributed by atoms with Gasteiger partial charge >= 0.3 is 5.97 Å². The van der Waals surface area contributed by atoms with Crippen LogP contribution in [0.1, 0.15) is 18.9 Å². The van der Waals surface area contributed by atoms with Crippen molar-refractivity contribution in [1.82, 2.24) is 0 Å². The van der Waals surface area contributed by atoms with Crippen molar-refractivity contribution >= 4 is 27.4 Å². The van der Waals surface area contributed by atoms with Crippen LogP contribution < -0.4 is 16.2 Å². The van der Waals surface area contributed by atoms with E-state index in [9.17, 15) is 13.2 Å². The Hall–Kier alpha value is -1.80. The van der Waals surface area contributed by atoms with E-state index in [1.54, 1.807) is 19.9 Å². The van der Waals surface area contributed by atoms with E-state index >= 15 is 0 Å². The van der Waals surface area contributed by atoms with Crippen LogP contribution in [0.25, 0.3) is 0 Å². The number of ether oxygens (including phenoxy) is 1. The minimum Gasteiger partial charge on any atom is -0.466 e. The maximum atomic E-state index is 11.4. The Morgan fingerprint density at radius 3 is 2.60 bits per heavy atom. The van der Waals surface area contributed by atoms with Crippen LogP contribution in [0.3, 0.4) is 0 Å². The lowest BCUT2D eigenvalue weighted by Gasteiger charge is -2.13. The molecule has 0 saturated carbocycles. The molecule has 1 rings (SSSR count). The molecule has 0 radical (unpaired) electrons. The number of rotatable bonds is 6. The van der Waals surface area contributed by atoms with Crippen LogP contribution in [0.15, 0.2) is 17.0 Å². The average Bonchev–Trinajstić information content (AvgIpc) is 2.32. The van der Waals surface area contributed by atoms with Crippen LogP contribution in [-0.2, 0) is 19.6 Å². The SMILES string of the molecule is CCOC(=O)CCNc1cc(N)cc(S(N)(=O)=O)c1C. The molecule has 0 aliphatic rings. The Labute approximate surface area is 118 Å². The first-order valence-electron chi connectivity index (χ1n) is 6.08. The number of esters is 1. The van der Waals surface area contributed by atoms with Crippen LogP contribution in [0.5, 0.6) is 0 Å². The molecular formula is C12H19N3O4S. The molecule has 20 heavy (non-hydrogen) atoms. The summed E-state index contributed by atoms with van der Waals surface area (Å²) < 4.78 is 27.7. The van der Waals surface area contributed by atoms with Gasteiger partial charge in [0.25, 0.3) is 0 Å². The third kappa shape index (κ3) is 4.39. The fourth-order valence-corrected chi connectivity index (χ4v) is 2.56. The van der Waals surface area contributed by atoms with Crippen molar-refractivity contribution < 1.29 is 17.9 Å². The highest BCUT2D eigenvalue weighted by Crippen LogP contribution is 2.25. The highest BCUT2D eigenvalue weighted by molar-refractivity contribution is 7.89. The van der Waals surface area contributed by atoms with E-state index in [4.69, 9.17) is 15.6 Å². The number of carbonyl (C=O) groups is 1. The molecule has 1 aromatic carbocycles. The summed E-state index contributed by atoms with van der Waals surface area (Å²) in [6.45, 7) is 3.98. The number of nitrogen functional groups attached to an aromatic ring is 1. The molecule has 0 aliphatic carbocycles. The molecule has 0 amide bonds. The zero-order valence-corrected chi connectivity index (χ0v) is 12.3. The maximum absolute atomic E-state index is 11.4. The zero-order valence-electron chi connectivity index (χ0n) is 11.5. The maximum Gasteiger partial charge on any atom is 0.307 e. The monoisotopic (exact) mass is 301 g/mol. The smallest absolute Gasteiger partial charge is 0.307 e. The van der Waals surface area contributed by atoms with Crippen LogP contribution in [0.2, 0.25) is 0 Å². The minimum atomic E-state index is -3.84. The van der Waals surface area contributed by atoms with Gasteiger partial charge in [-0.2, -0.15) is 0 Å². The molecule has 0 unspecified atom stereocenters. The Balaban J connectivity index is 2.86. The molecule has 8 heteroatoms. The van der Waals surface area contributed by atoms with Gasteiger partial charge < -0.3 is 15.8 Å². The van der Waals surface area contributed by atoms with Crippen molar-refractivity contribution in [3.05, 3.63) is 17.7 Å². The predicted molar refractivity (Wildman–Crippen MR) is 76.7 cm³/mol. The largest absolute Gasteiger partial charge is 0.466 e. The van der Waals surface area contributed by atoms with E-state index in [-0.39, 0.29) is 23.0 Å².